The Bertz CT molecular complexity index is 784. The van der Waals surface area contributed by atoms with Crippen molar-refractivity contribution in [3.8, 4) is 0 Å². The largest absolute Gasteiger partial charge is 0.480 e. The van der Waals surface area contributed by atoms with Crippen LogP contribution in [0.4, 0.5) is 10.5 Å². The summed E-state index contributed by atoms with van der Waals surface area (Å²) >= 11 is 6.22. The Morgan fingerprint density at radius 2 is 2.08 bits per heavy atom. The summed E-state index contributed by atoms with van der Waals surface area (Å²) in [6, 6.07) is 3.74. The van der Waals surface area contributed by atoms with E-state index in [1.807, 2.05) is 0 Å². The lowest BCUT2D eigenvalue weighted by Crippen LogP contribution is -2.43. The average Bonchev–Trinajstić information content (AvgIpc) is 3.29. The molecule has 3 amide bonds. The van der Waals surface area contributed by atoms with Crippen molar-refractivity contribution >= 4 is 35.2 Å². The van der Waals surface area contributed by atoms with Crippen LogP contribution in [0.5, 0.6) is 0 Å². The summed E-state index contributed by atoms with van der Waals surface area (Å²) in [4.78, 5) is 39.7. The number of nitrogens with one attached hydrogen (secondary N) is 1. The highest BCUT2D eigenvalue weighted by Gasteiger charge is 2.49. The summed E-state index contributed by atoms with van der Waals surface area (Å²) in [6.07, 6.45) is 2.85. The molecule has 1 aromatic carbocycles. The van der Waals surface area contributed by atoms with Gasteiger partial charge in [0.15, 0.2) is 0 Å². The van der Waals surface area contributed by atoms with Crippen LogP contribution in [-0.4, -0.2) is 53.6 Å². The van der Waals surface area contributed by atoms with Crippen molar-refractivity contribution in [1.82, 2.24) is 10.2 Å². The molecule has 3 atom stereocenters. The first-order valence-corrected chi connectivity index (χ1v) is 9.24. The SMILES string of the molecule is O=C(O)C1C2CCCC2CN1C(=O)c1ccc(Cl)c(N2CCNC2=O)c1. The Labute approximate surface area is 155 Å². The number of carbonyl (C=O) groups is 3. The maximum Gasteiger partial charge on any atom is 0.326 e. The van der Waals surface area contributed by atoms with Crippen molar-refractivity contribution in [1.29, 1.82) is 0 Å². The highest BCUT2D eigenvalue weighted by Crippen LogP contribution is 2.43. The fourth-order valence-corrected chi connectivity index (χ4v) is 4.77. The Kier molecular flexibility index (Phi) is 4.26. The van der Waals surface area contributed by atoms with E-state index >= 15 is 0 Å². The fourth-order valence-electron chi connectivity index (χ4n) is 4.55. The molecule has 2 heterocycles. The molecule has 1 aliphatic carbocycles. The van der Waals surface area contributed by atoms with Gasteiger partial charge in [0.25, 0.3) is 5.91 Å². The van der Waals surface area contributed by atoms with E-state index in [9.17, 15) is 19.5 Å². The molecule has 2 aliphatic heterocycles. The van der Waals surface area contributed by atoms with Gasteiger partial charge in [-0.1, -0.05) is 18.0 Å². The number of benzene rings is 1. The first kappa shape index (κ1) is 17.1. The van der Waals surface area contributed by atoms with Gasteiger partial charge in [-0.05, 0) is 42.9 Å². The van der Waals surface area contributed by atoms with Crippen LogP contribution >= 0.6 is 11.6 Å². The molecule has 8 heteroatoms. The number of likely N-dealkylation sites (tertiary alicyclic amines) is 1. The van der Waals surface area contributed by atoms with E-state index in [1.54, 1.807) is 18.2 Å². The molecule has 1 aromatic rings. The van der Waals surface area contributed by atoms with E-state index in [2.05, 4.69) is 5.32 Å². The number of carbonyl (C=O) groups excluding carboxylic acids is 2. The minimum Gasteiger partial charge on any atom is -0.480 e. The zero-order valence-electron chi connectivity index (χ0n) is 14.2. The molecule has 26 heavy (non-hydrogen) atoms. The molecule has 138 valence electrons. The lowest BCUT2D eigenvalue weighted by Gasteiger charge is -2.25. The van der Waals surface area contributed by atoms with Gasteiger partial charge < -0.3 is 15.3 Å². The van der Waals surface area contributed by atoms with Gasteiger partial charge in [-0.2, -0.15) is 0 Å². The lowest BCUT2D eigenvalue weighted by atomic mass is 9.94. The number of nitrogens with zero attached hydrogens (tertiary/aromatic N) is 2. The van der Waals surface area contributed by atoms with Crippen LogP contribution in [0.25, 0.3) is 0 Å². The van der Waals surface area contributed by atoms with Gasteiger partial charge in [0, 0.05) is 25.2 Å². The zero-order valence-corrected chi connectivity index (χ0v) is 14.9. The molecule has 2 saturated heterocycles. The fraction of sp³-hybridized carbons (Fsp3) is 0.500. The highest BCUT2D eigenvalue weighted by molar-refractivity contribution is 6.34. The quantitative estimate of drug-likeness (QED) is 0.844. The first-order valence-electron chi connectivity index (χ1n) is 8.86. The summed E-state index contributed by atoms with van der Waals surface area (Å²) < 4.78 is 0. The third kappa shape index (κ3) is 2.70. The molecular weight excluding hydrogens is 358 g/mol. The third-order valence-corrected chi connectivity index (χ3v) is 6.06. The first-order chi connectivity index (χ1) is 12.5. The number of hydrogen-bond donors (Lipinski definition) is 2. The third-order valence-electron chi connectivity index (χ3n) is 5.74. The van der Waals surface area contributed by atoms with Crippen molar-refractivity contribution in [3.63, 3.8) is 0 Å². The predicted molar refractivity (Wildman–Crippen MR) is 95.5 cm³/mol. The van der Waals surface area contributed by atoms with E-state index in [-0.39, 0.29) is 23.8 Å². The second kappa shape index (κ2) is 6.46. The molecule has 0 radical (unpaired) electrons. The van der Waals surface area contributed by atoms with Gasteiger partial charge in [-0.3, -0.25) is 9.69 Å². The highest BCUT2D eigenvalue weighted by atomic mass is 35.5. The molecule has 0 aromatic heterocycles. The van der Waals surface area contributed by atoms with Crippen LogP contribution in [0, 0.1) is 11.8 Å². The van der Waals surface area contributed by atoms with Crippen molar-refractivity contribution < 1.29 is 19.5 Å². The maximum absolute atomic E-state index is 13.1. The summed E-state index contributed by atoms with van der Waals surface area (Å²) in [5, 5.41) is 12.7. The standard InChI is InChI=1S/C18H20ClN3O4/c19-13-5-4-10(8-14(13)21-7-6-20-18(21)26)16(23)22-9-11-2-1-3-12(11)15(22)17(24)25/h4-5,8,11-12,15H,1-3,6-7,9H2,(H,20,26)(H,24,25). The van der Waals surface area contributed by atoms with Crippen LogP contribution in [0.2, 0.25) is 5.02 Å². The van der Waals surface area contributed by atoms with Crippen LogP contribution < -0.4 is 10.2 Å². The number of urea groups is 1. The Morgan fingerprint density at radius 3 is 2.77 bits per heavy atom. The van der Waals surface area contributed by atoms with Gasteiger partial charge in [-0.25, -0.2) is 9.59 Å². The number of hydrogen-bond acceptors (Lipinski definition) is 3. The van der Waals surface area contributed by atoms with Gasteiger partial charge in [0.1, 0.15) is 6.04 Å². The summed E-state index contributed by atoms with van der Waals surface area (Å²) in [5.41, 5.74) is 0.828. The van der Waals surface area contributed by atoms with E-state index in [1.165, 1.54) is 9.80 Å². The van der Waals surface area contributed by atoms with Crippen molar-refractivity contribution in [2.75, 3.05) is 24.5 Å². The predicted octanol–water partition coefficient (Wildman–Crippen LogP) is 2.19. The second-order valence-electron chi connectivity index (χ2n) is 7.15. The monoisotopic (exact) mass is 377 g/mol. The number of halogens is 1. The Morgan fingerprint density at radius 1 is 1.27 bits per heavy atom. The smallest absolute Gasteiger partial charge is 0.326 e. The number of carboxylic acids is 1. The van der Waals surface area contributed by atoms with Crippen molar-refractivity contribution in [2.24, 2.45) is 11.8 Å². The number of fused-ring (bicyclic) bond motifs is 1. The van der Waals surface area contributed by atoms with Gasteiger partial charge in [0.05, 0.1) is 10.7 Å². The second-order valence-corrected chi connectivity index (χ2v) is 7.55. The maximum atomic E-state index is 13.1. The minimum absolute atomic E-state index is 0.0348. The van der Waals surface area contributed by atoms with Crippen molar-refractivity contribution in [2.45, 2.75) is 25.3 Å². The topological polar surface area (TPSA) is 89.9 Å². The molecule has 0 spiro atoms. The molecule has 0 bridgehead atoms. The van der Waals surface area contributed by atoms with E-state index < -0.39 is 12.0 Å². The molecule has 3 fully saturated rings. The summed E-state index contributed by atoms with van der Waals surface area (Å²) in [6.45, 7) is 1.47. The summed E-state index contributed by atoms with van der Waals surface area (Å²) in [7, 11) is 0. The van der Waals surface area contributed by atoms with Crippen LogP contribution in [0.15, 0.2) is 18.2 Å². The summed E-state index contributed by atoms with van der Waals surface area (Å²) in [5.74, 6) is -0.964. The van der Waals surface area contributed by atoms with Gasteiger partial charge >= 0.3 is 12.0 Å². The molecule has 3 aliphatic rings. The Balaban J connectivity index is 1.64. The van der Waals surface area contributed by atoms with Crippen LogP contribution in [0.3, 0.4) is 0 Å². The molecule has 1 saturated carbocycles. The van der Waals surface area contributed by atoms with Gasteiger partial charge in [-0.15, -0.1) is 0 Å². The number of rotatable bonds is 3. The van der Waals surface area contributed by atoms with E-state index in [4.69, 9.17) is 11.6 Å². The van der Waals surface area contributed by atoms with Crippen molar-refractivity contribution in [3.05, 3.63) is 28.8 Å². The molecule has 4 rings (SSSR count). The number of amides is 3. The number of anilines is 1. The number of aliphatic carboxylic acids is 1. The van der Waals surface area contributed by atoms with E-state index in [0.29, 0.717) is 35.9 Å². The zero-order chi connectivity index (χ0) is 18.4. The normalized spacial score (nSPS) is 27.6. The Hall–Kier alpha value is -2.28. The molecular formula is C18H20ClN3O4. The number of carboxylic acid groups (broad SMARTS) is 1. The van der Waals surface area contributed by atoms with Gasteiger partial charge in [0.2, 0.25) is 0 Å². The minimum atomic E-state index is -0.944. The molecule has 2 N–H and O–H groups in total. The average molecular weight is 378 g/mol. The van der Waals surface area contributed by atoms with Crippen LogP contribution in [0.1, 0.15) is 29.6 Å². The lowest BCUT2D eigenvalue weighted by molar-refractivity contribution is -0.142. The van der Waals surface area contributed by atoms with Crippen LogP contribution in [-0.2, 0) is 4.79 Å². The molecule has 3 unspecified atom stereocenters. The van der Waals surface area contributed by atoms with E-state index in [0.717, 1.165) is 19.3 Å². The molecule has 7 nitrogen and oxygen atoms in total.